The lowest BCUT2D eigenvalue weighted by Gasteiger charge is -2.44. The van der Waals surface area contributed by atoms with E-state index in [-0.39, 0.29) is 35.0 Å². The summed E-state index contributed by atoms with van der Waals surface area (Å²) in [4.78, 5) is 98.5. The first kappa shape index (κ1) is 44.0. The Bertz CT molecular complexity index is 2170. The van der Waals surface area contributed by atoms with E-state index in [2.05, 4.69) is 0 Å². The van der Waals surface area contributed by atoms with E-state index in [0.717, 1.165) is 33.8 Å². The fourth-order valence-electron chi connectivity index (χ4n) is 6.21. The molecule has 6 atom stereocenters. The summed E-state index contributed by atoms with van der Waals surface area (Å²) in [6, 6.07) is 15.0. The molecule has 3 aromatic carbocycles. The van der Waals surface area contributed by atoms with Crippen LogP contribution in [-0.4, -0.2) is 84.9 Å². The molecule has 2 aliphatic rings. The van der Waals surface area contributed by atoms with Gasteiger partial charge < -0.3 is 47.4 Å². The molecule has 5 rings (SSSR count). The smallest absolute Gasteiger partial charge is 0.330 e. The van der Waals surface area contributed by atoms with Crippen LogP contribution in [0.25, 0.3) is 6.08 Å². The predicted molar refractivity (Wildman–Crippen MR) is 202 cm³/mol. The molecule has 3 aromatic rings. The molecule has 1 saturated heterocycles. The zero-order valence-electron chi connectivity index (χ0n) is 33.2. The maximum absolute atomic E-state index is 13.6. The fraction of sp³-hybridized carbons (Fsp3) is 0.333. The van der Waals surface area contributed by atoms with Crippen LogP contribution in [0.15, 0.2) is 66.7 Å². The monoisotopic (exact) mass is 832 g/mol. The highest BCUT2D eigenvalue weighted by atomic mass is 16.7. The highest BCUT2D eigenvalue weighted by Gasteiger charge is 2.53. The normalized spacial score (nSPS) is 20.7. The molecule has 0 N–H and O–H groups in total. The van der Waals surface area contributed by atoms with Gasteiger partial charge in [-0.05, 0) is 41.5 Å². The summed E-state index contributed by atoms with van der Waals surface area (Å²) in [6.07, 6.45) is -6.35. The molecule has 2 heterocycles. The Morgan fingerprint density at radius 3 is 1.77 bits per heavy atom. The summed E-state index contributed by atoms with van der Waals surface area (Å²) in [6.45, 7) is 6.19. The number of esters is 7. The van der Waals surface area contributed by atoms with E-state index >= 15 is 0 Å². The summed E-state index contributed by atoms with van der Waals surface area (Å²) in [7, 11) is 0. The van der Waals surface area contributed by atoms with E-state index < -0.39 is 91.0 Å². The molecule has 18 heteroatoms. The molecular formula is C42H40O18. The Hall–Kier alpha value is -7.08. The number of carbonyl (C=O) groups is 8. The molecule has 60 heavy (non-hydrogen) atoms. The molecule has 18 nitrogen and oxygen atoms in total. The number of hydrogen-bond donors (Lipinski definition) is 0. The van der Waals surface area contributed by atoms with Crippen molar-refractivity contribution in [2.24, 2.45) is 0 Å². The zero-order valence-corrected chi connectivity index (χ0v) is 33.2. The van der Waals surface area contributed by atoms with Gasteiger partial charge in [0.1, 0.15) is 53.1 Å². The predicted octanol–water partition coefficient (Wildman–Crippen LogP) is 4.32. The van der Waals surface area contributed by atoms with Crippen LogP contribution in [0.3, 0.4) is 0 Å². The van der Waals surface area contributed by atoms with Crippen LogP contribution >= 0.6 is 0 Å². The Balaban J connectivity index is 1.46. The van der Waals surface area contributed by atoms with Crippen molar-refractivity contribution >= 4 is 53.6 Å². The first-order chi connectivity index (χ1) is 28.4. The summed E-state index contributed by atoms with van der Waals surface area (Å²) in [5.41, 5.74) is 1.02. The summed E-state index contributed by atoms with van der Waals surface area (Å²) in [5.74, 6) is -5.63. The van der Waals surface area contributed by atoms with Crippen molar-refractivity contribution in [1.82, 2.24) is 0 Å². The second-order valence-electron chi connectivity index (χ2n) is 13.3. The fourth-order valence-corrected chi connectivity index (χ4v) is 6.21. The number of Topliss-reactive ketones (excluding diaryl/α,β-unsaturated/α-hetero) is 1. The van der Waals surface area contributed by atoms with Crippen LogP contribution in [0.4, 0.5) is 0 Å². The number of ketones is 1. The van der Waals surface area contributed by atoms with Crippen molar-refractivity contribution < 1.29 is 85.7 Å². The maximum Gasteiger partial charge on any atom is 0.330 e. The minimum Gasteiger partial charge on any atom is -0.484 e. The van der Waals surface area contributed by atoms with Crippen molar-refractivity contribution in [2.75, 3.05) is 6.61 Å². The van der Waals surface area contributed by atoms with Crippen molar-refractivity contribution in [2.45, 2.75) is 84.8 Å². The highest BCUT2D eigenvalue weighted by molar-refractivity contribution is 6.03. The number of benzene rings is 3. The van der Waals surface area contributed by atoms with Crippen molar-refractivity contribution in [1.29, 1.82) is 0 Å². The third-order valence-corrected chi connectivity index (χ3v) is 8.42. The van der Waals surface area contributed by atoms with Crippen LogP contribution in [0, 0.1) is 0 Å². The molecule has 0 spiro atoms. The van der Waals surface area contributed by atoms with Gasteiger partial charge in [-0.2, -0.15) is 0 Å². The van der Waals surface area contributed by atoms with Gasteiger partial charge in [-0.1, -0.05) is 24.3 Å². The number of hydrogen-bond acceptors (Lipinski definition) is 18. The molecule has 1 fully saturated rings. The molecule has 316 valence electrons. The van der Waals surface area contributed by atoms with Crippen LogP contribution in [0.5, 0.6) is 28.7 Å². The SMILES string of the molecule is CC(=O)Oc1ccc(/C=C/C(=O)OC[C@@H]2O[C@H](Oc3cc(OC(C)=O)c4c(c3)O[C@H](c3ccc(OC(C)=O)cc3)CC4=O)[C@@H](OC(C)=O)[C@H](OC(C)=O)[C@H]2OC(C)=O)cc1. The quantitative estimate of drug-likeness (QED) is 0.101. The van der Waals surface area contributed by atoms with Gasteiger partial charge in [0.25, 0.3) is 0 Å². The van der Waals surface area contributed by atoms with Gasteiger partial charge in [0.15, 0.2) is 18.0 Å². The Labute approximate surface area is 342 Å². The lowest BCUT2D eigenvalue weighted by atomic mass is 9.95. The van der Waals surface area contributed by atoms with E-state index in [4.69, 9.17) is 47.4 Å². The Morgan fingerprint density at radius 1 is 0.650 bits per heavy atom. The van der Waals surface area contributed by atoms with E-state index in [1.165, 1.54) is 56.3 Å². The third kappa shape index (κ3) is 12.0. The number of carbonyl (C=O) groups excluding carboxylic acids is 8. The van der Waals surface area contributed by atoms with Crippen LogP contribution in [0.1, 0.15) is 75.6 Å². The van der Waals surface area contributed by atoms with Crippen LogP contribution in [-0.2, 0) is 57.2 Å². The molecule has 0 unspecified atom stereocenters. The largest absolute Gasteiger partial charge is 0.484 e. The van der Waals surface area contributed by atoms with Crippen molar-refractivity contribution in [3.05, 3.63) is 83.4 Å². The Kier molecular flexibility index (Phi) is 14.4. The number of fused-ring (bicyclic) bond motifs is 1. The van der Waals surface area contributed by atoms with Gasteiger partial charge >= 0.3 is 41.8 Å². The summed E-state index contributed by atoms with van der Waals surface area (Å²) in [5, 5.41) is 0. The molecule has 0 saturated carbocycles. The highest BCUT2D eigenvalue weighted by Crippen LogP contribution is 2.44. The van der Waals surface area contributed by atoms with Crippen molar-refractivity contribution in [3.63, 3.8) is 0 Å². The van der Waals surface area contributed by atoms with Gasteiger partial charge in [0.2, 0.25) is 12.4 Å². The molecule has 0 aromatic heterocycles. The molecule has 2 aliphatic heterocycles. The van der Waals surface area contributed by atoms with Gasteiger partial charge in [0, 0.05) is 59.8 Å². The van der Waals surface area contributed by atoms with Gasteiger partial charge in [-0.15, -0.1) is 0 Å². The molecule has 0 aliphatic carbocycles. The van der Waals surface area contributed by atoms with E-state index in [9.17, 15) is 38.4 Å². The summed E-state index contributed by atoms with van der Waals surface area (Å²) < 4.78 is 56.0. The number of rotatable bonds is 13. The van der Waals surface area contributed by atoms with E-state index in [0.29, 0.717) is 16.9 Å². The van der Waals surface area contributed by atoms with Crippen LogP contribution < -0.4 is 23.7 Å². The van der Waals surface area contributed by atoms with E-state index in [1.807, 2.05) is 0 Å². The first-order valence-corrected chi connectivity index (χ1v) is 18.3. The molecule has 0 bridgehead atoms. The van der Waals surface area contributed by atoms with E-state index in [1.54, 1.807) is 24.3 Å². The number of ether oxygens (including phenoxy) is 10. The topological polar surface area (TPSA) is 229 Å². The third-order valence-electron chi connectivity index (χ3n) is 8.42. The zero-order chi connectivity index (χ0) is 43.7. The van der Waals surface area contributed by atoms with Gasteiger partial charge in [-0.25, -0.2) is 4.79 Å². The van der Waals surface area contributed by atoms with Crippen molar-refractivity contribution in [3.8, 4) is 28.7 Å². The second-order valence-corrected chi connectivity index (χ2v) is 13.3. The maximum atomic E-state index is 13.6. The summed E-state index contributed by atoms with van der Waals surface area (Å²) >= 11 is 0. The lowest BCUT2D eigenvalue weighted by molar-refractivity contribution is -0.288. The average Bonchev–Trinajstić information content (AvgIpc) is 3.15. The lowest BCUT2D eigenvalue weighted by Crippen LogP contribution is -2.63. The standard InChI is InChI=1S/C42H40O18/c1-21(43)52-29-12-7-27(8-13-29)9-16-37(50)51-20-36-39(55-24(4)46)40(56-25(5)47)41(57-26(6)48)42(60-36)58-31-17-34(54-23(3)45)38-32(49)19-33(59-35(38)18-31)28-10-14-30(15-11-28)53-22(2)44/h7-18,33,36,39-42H,19-20H2,1-6H3/b16-9+/t33-,36-,39-,40+,41-,42-/m0/s1. The molecular weight excluding hydrogens is 792 g/mol. The van der Waals surface area contributed by atoms with Crippen LogP contribution in [0.2, 0.25) is 0 Å². The second kappa shape index (κ2) is 19.6. The minimum atomic E-state index is -1.70. The van der Waals surface area contributed by atoms with Gasteiger partial charge in [0.05, 0.1) is 6.42 Å². The minimum absolute atomic E-state index is 0.0680. The van der Waals surface area contributed by atoms with Gasteiger partial charge in [-0.3, -0.25) is 33.6 Å². The average molecular weight is 833 g/mol. The first-order valence-electron chi connectivity index (χ1n) is 18.3. The molecule has 0 amide bonds. The molecule has 0 radical (unpaired) electrons. The Morgan fingerprint density at radius 2 is 1.20 bits per heavy atom.